The van der Waals surface area contributed by atoms with Crippen LogP contribution in [0, 0.1) is 11.3 Å². The molecule has 2 rings (SSSR count). The van der Waals surface area contributed by atoms with Gasteiger partial charge in [-0.1, -0.05) is 23.2 Å². The lowest BCUT2D eigenvalue weighted by atomic mass is 10.2. The number of nitrogens with one attached hydrogen (secondary N) is 1. The predicted molar refractivity (Wildman–Crippen MR) is 92.6 cm³/mol. The summed E-state index contributed by atoms with van der Waals surface area (Å²) in [4.78, 5) is 26.9. The average Bonchev–Trinajstić information content (AvgIpc) is 2.58. The summed E-state index contributed by atoms with van der Waals surface area (Å²) in [6.07, 6.45) is 1.35. The van der Waals surface area contributed by atoms with Crippen LogP contribution < -0.4 is 5.32 Å². The number of rotatable bonds is 3. The highest BCUT2D eigenvalue weighted by atomic mass is 35.5. The van der Waals surface area contributed by atoms with Gasteiger partial charge in [-0.3, -0.25) is 9.59 Å². The lowest BCUT2D eigenvalue weighted by molar-refractivity contribution is -0.136. The summed E-state index contributed by atoms with van der Waals surface area (Å²) in [6.45, 7) is 3.26. The fraction of sp³-hybridized carbons (Fsp3) is 0.312. The highest BCUT2D eigenvalue weighted by Gasteiger charge is 2.24. The molecule has 0 aromatic heterocycles. The van der Waals surface area contributed by atoms with Crippen molar-refractivity contribution >= 4 is 40.7 Å². The Bertz CT molecular complexity index is 719. The maximum Gasteiger partial charge on any atom is 0.266 e. The summed E-state index contributed by atoms with van der Waals surface area (Å²) in [6, 6.07) is 6.81. The quantitative estimate of drug-likeness (QED) is 0.658. The molecule has 8 heteroatoms. The third-order valence-electron chi connectivity index (χ3n) is 3.67. The van der Waals surface area contributed by atoms with Crippen LogP contribution >= 0.6 is 23.2 Å². The minimum atomic E-state index is -0.367. The molecule has 0 atom stereocenters. The number of halogens is 2. The molecule has 0 unspecified atom stereocenters. The monoisotopic (exact) mass is 366 g/mol. The van der Waals surface area contributed by atoms with E-state index >= 15 is 0 Å². The molecule has 0 saturated carbocycles. The molecular formula is C16H16Cl2N4O2. The zero-order chi connectivity index (χ0) is 17.7. The summed E-state index contributed by atoms with van der Waals surface area (Å²) in [5.74, 6) is -0.382. The molecule has 1 aliphatic heterocycles. The van der Waals surface area contributed by atoms with Crippen molar-refractivity contribution in [2.24, 2.45) is 0 Å². The van der Waals surface area contributed by atoms with E-state index < -0.39 is 0 Å². The number of hydrogen-bond donors (Lipinski definition) is 1. The summed E-state index contributed by atoms with van der Waals surface area (Å²) in [5.41, 5.74) is 0.601. The number of amides is 2. The molecule has 126 valence electrons. The van der Waals surface area contributed by atoms with Crippen LogP contribution in [0.25, 0.3) is 0 Å². The van der Waals surface area contributed by atoms with E-state index in [1.54, 1.807) is 28.0 Å². The van der Waals surface area contributed by atoms with E-state index in [0.717, 1.165) is 0 Å². The lowest BCUT2D eigenvalue weighted by Gasteiger charge is -2.34. The van der Waals surface area contributed by atoms with Crippen molar-refractivity contribution in [1.29, 1.82) is 5.26 Å². The fourth-order valence-corrected chi connectivity index (χ4v) is 2.58. The molecule has 1 aromatic carbocycles. The van der Waals surface area contributed by atoms with E-state index in [2.05, 4.69) is 5.32 Å². The van der Waals surface area contributed by atoms with Gasteiger partial charge in [-0.2, -0.15) is 5.26 Å². The van der Waals surface area contributed by atoms with Crippen LogP contribution in [0.15, 0.2) is 30.0 Å². The van der Waals surface area contributed by atoms with Gasteiger partial charge in [0.05, 0.1) is 10.0 Å². The standard InChI is InChI=1S/C16H16Cl2N4O2/c1-11(23)21-4-6-22(7-5-21)16(24)12(9-19)10-20-13-2-3-14(17)15(18)8-13/h2-3,8,10,20H,4-7H2,1H3/b12-10-. The highest BCUT2D eigenvalue weighted by Crippen LogP contribution is 2.25. The van der Waals surface area contributed by atoms with Crippen molar-refractivity contribution < 1.29 is 9.59 Å². The Kier molecular flexibility index (Phi) is 6.07. The molecule has 24 heavy (non-hydrogen) atoms. The number of hydrogen-bond acceptors (Lipinski definition) is 4. The first-order valence-corrected chi connectivity index (χ1v) is 8.04. The largest absolute Gasteiger partial charge is 0.360 e. The van der Waals surface area contributed by atoms with Crippen LogP contribution in [-0.4, -0.2) is 47.8 Å². The second kappa shape index (κ2) is 8.04. The van der Waals surface area contributed by atoms with Gasteiger partial charge < -0.3 is 15.1 Å². The highest BCUT2D eigenvalue weighted by molar-refractivity contribution is 6.42. The minimum absolute atomic E-state index is 0.0144. The zero-order valence-corrected chi connectivity index (χ0v) is 14.6. The second-order valence-corrected chi connectivity index (χ2v) is 6.06. The van der Waals surface area contributed by atoms with Crippen molar-refractivity contribution in [2.75, 3.05) is 31.5 Å². The molecule has 6 nitrogen and oxygen atoms in total. The lowest BCUT2D eigenvalue weighted by Crippen LogP contribution is -2.50. The summed E-state index contributed by atoms with van der Waals surface area (Å²) in [5, 5.41) is 12.9. The summed E-state index contributed by atoms with van der Waals surface area (Å²) >= 11 is 11.8. The number of nitrogens with zero attached hydrogens (tertiary/aromatic N) is 3. The van der Waals surface area contributed by atoms with Crippen LogP contribution in [0.3, 0.4) is 0 Å². The molecule has 1 aliphatic rings. The summed E-state index contributed by atoms with van der Waals surface area (Å²) < 4.78 is 0. The van der Waals surface area contributed by atoms with Gasteiger partial charge in [-0.15, -0.1) is 0 Å². The van der Waals surface area contributed by atoms with E-state index in [4.69, 9.17) is 23.2 Å². The molecule has 1 heterocycles. The van der Waals surface area contributed by atoms with Crippen LogP contribution in [0.1, 0.15) is 6.92 Å². The van der Waals surface area contributed by atoms with Gasteiger partial charge in [0.25, 0.3) is 5.91 Å². The number of carbonyl (C=O) groups excluding carboxylic acids is 2. The van der Waals surface area contributed by atoms with E-state index in [0.29, 0.717) is 41.9 Å². The molecule has 0 spiro atoms. The van der Waals surface area contributed by atoms with Gasteiger partial charge in [0.15, 0.2) is 0 Å². The number of nitriles is 1. The van der Waals surface area contributed by atoms with Gasteiger partial charge in [-0.25, -0.2) is 0 Å². The van der Waals surface area contributed by atoms with Gasteiger partial charge >= 0.3 is 0 Å². The minimum Gasteiger partial charge on any atom is -0.360 e. The first kappa shape index (κ1) is 18.1. The van der Waals surface area contributed by atoms with E-state index in [1.807, 2.05) is 6.07 Å². The normalized spacial score (nSPS) is 15.0. The van der Waals surface area contributed by atoms with E-state index in [-0.39, 0.29) is 17.4 Å². The van der Waals surface area contributed by atoms with Crippen molar-refractivity contribution in [1.82, 2.24) is 9.80 Å². The zero-order valence-electron chi connectivity index (χ0n) is 13.1. The number of benzene rings is 1. The van der Waals surface area contributed by atoms with Gasteiger partial charge in [0.1, 0.15) is 11.6 Å². The smallest absolute Gasteiger partial charge is 0.266 e. The van der Waals surface area contributed by atoms with Gasteiger partial charge in [0.2, 0.25) is 5.91 Å². The van der Waals surface area contributed by atoms with Crippen molar-refractivity contribution in [3.63, 3.8) is 0 Å². The van der Waals surface area contributed by atoms with Crippen molar-refractivity contribution in [3.05, 3.63) is 40.0 Å². The average molecular weight is 367 g/mol. The first-order valence-electron chi connectivity index (χ1n) is 7.29. The Morgan fingerprint density at radius 3 is 2.33 bits per heavy atom. The number of carbonyl (C=O) groups is 2. The van der Waals surface area contributed by atoms with Crippen LogP contribution in [0.5, 0.6) is 0 Å². The van der Waals surface area contributed by atoms with Crippen LogP contribution in [-0.2, 0) is 9.59 Å². The number of piperazine rings is 1. The SMILES string of the molecule is CC(=O)N1CCN(C(=O)/C(C#N)=C\Nc2ccc(Cl)c(Cl)c2)CC1. The molecule has 1 N–H and O–H groups in total. The maximum absolute atomic E-state index is 12.4. The molecule has 1 fully saturated rings. The third kappa shape index (κ3) is 4.40. The predicted octanol–water partition coefficient (Wildman–Crippen LogP) is 2.50. The fourth-order valence-electron chi connectivity index (χ4n) is 2.28. The molecule has 0 radical (unpaired) electrons. The second-order valence-electron chi connectivity index (χ2n) is 5.24. The van der Waals surface area contributed by atoms with Gasteiger partial charge in [0, 0.05) is 45.0 Å². The van der Waals surface area contributed by atoms with Crippen LogP contribution in [0.4, 0.5) is 5.69 Å². The van der Waals surface area contributed by atoms with Crippen molar-refractivity contribution in [2.45, 2.75) is 6.92 Å². The topological polar surface area (TPSA) is 76.4 Å². The van der Waals surface area contributed by atoms with E-state index in [1.165, 1.54) is 13.1 Å². The molecule has 0 aliphatic carbocycles. The molecule has 1 saturated heterocycles. The Morgan fingerprint density at radius 2 is 1.79 bits per heavy atom. The first-order chi connectivity index (χ1) is 11.4. The third-order valence-corrected chi connectivity index (χ3v) is 4.40. The number of anilines is 1. The molecule has 2 amide bonds. The van der Waals surface area contributed by atoms with Crippen molar-refractivity contribution in [3.8, 4) is 6.07 Å². The van der Waals surface area contributed by atoms with Gasteiger partial charge in [-0.05, 0) is 18.2 Å². The Labute approximate surface area is 150 Å². The van der Waals surface area contributed by atoms with Crippen LogP contribution in [0.2, 0.25) is 10.0 Å². The maximum atomic E-state index is 12.4. The summed E-state index contributed by atoms with van der Waals surface area (Å²) in [7, 11) is 0. The molecule has 0 bridgehead atoms. The molecule has 1 aromatic rings. The Balaban J connectivity index is 2.02. The Hall–Kier alpha value is -2.23. The van der Waals surface area contributed by atoms with E-state index in [9.17, 15) is 14.9 Å². The molecular weight excluding hydrogens is 351 g/mol. The Morgan fingerprint density at radius 1 is 1.17 bits per heavy atom.